The van der Waals surface area contributed by atoms with Gasteiger partial charge >= 0.3 is 0 Å². The van der Waals surface area contributed by atoms with Crippen LogP contribution in [-0.4, -0.2) is 50.1 Å². The van der Waals surface area contributed by atoms with Crippen molar-refractivity contribution in [3.8, 4) is 5.75 Å². The molecule has 104 valence electrons. The summed E-state index contributed by atoms with van der Waals surface area (Å²) in [5.74, 6) is 0.660. The molecule has 0 atom stereocenters. The lowest BCUT2D eigenvalue weighted by Crippen LogP contribution is -2.35. The Morgan fingerprint density at radius 1 is 1.26 bits per heavy atom. The first kappa shape index (κ1) is 12.9. The highest BCUT2D eigenvalue weighted by Crippen LogP contribution is 2.30. The van der Waals surface area contributed by atoms with Crippen molar-refractivity contribution in [2.24, 2.45) is 0 Å². The van der Waals surface area contributed by atoms with Crippen LogP contribution in [-0.2, 0) is 9.47 Å². The zero-order valence-electron chi connectivity index (χ0n) is 11.4. The second-order valence-corrected chi connectivity index (χ2v) is 5.25. The molecular weight excluding hydrogens is 242 g/mol. The van der Waals surface area contributed by atoms with Crippen LogP contribution >= 0.6 is 0 Å². The van der Waals surface area contributed by atoms with Crippen LogP contribution in [0.1, 0.15) is 12.0 Å². The first-order valence-corrected chi connectivity index (χ1v) is 6.96. The van der Waals surface area contributed by atoms with Gasteiger partial charge in [0.05, 0.1) is 19.8 Å². The highest BCUT2D eigenvalue weighted by Gasteiger charge is 2.42. The molecule has 0 bridgehead atoms. The van der Waals surface area contributed by atoms with Crippen LogP contribution in [0.25, 0.3) is 0 Å². The summed E-state index contributed by atoms with van der Waals surface area (Å²) in [7, 11) is 0. The standard InChI is InChI=1S/C15H21NO3/c1-13-4-2-3-5-14(13)17-9-8-16-7-6-15(12-16)18-10-11-19-15/h2-5H,6-12H2,1H3. The molecule has 4 nitrogen and oxygen atoms in total. The highest BCUT2D eigenvalue weighted by atomic mass is 16.7. The maximum atomic E-state index is 5.83. The van der Waals surface area contributed by atoms with Crippen molar-refractivity contribution < 1.29 is 14.2 Å². The number of ether oxygens (including phenoxy) is 3. The third-order valence-corrected chi connectivity index (χ3v) is 3.85. The number of hydrogen-bond donors (Lipinski definition) is 0. The number of benzene rings is 1. The largest absolute Gasteiger partial charge is 0.492 e. The molecule has 0 saturated carbocycles. The van der Waals surface area contributed by atoms with Gasteiger partial charge in [-0.1, -0.05) is 18.2 Å². The molecule has 0 aromatic heterocycles. The van der Waals surface area contributed by atoms with Gasteiger partial charge in [0.1, 0.15) is 12.4 Å². The molecule has 0 radical (unpaired) electrons. The van der Waals surface area contributed by atoms with E-state index in [9.17, 15) is 0 Å². The Labute approximate surface area is 114 Å². The van der Waals surface area contributed by atoms with Gasteiger partial charge in [-0.3, -0.25) is 4.90 Å². The SMILES string of the molecule is Cc1ccccc1OCCN1CCC2(C1)OCCO2. The summed E-state index contributed by atoms with van der Waals surface area (Å²) in [6.45, 7) is 7.05. The number of nitrogens with zero attached hydrogens (tertiary/aromatic N) is 1. The van der Waals surface area contributed by atoms with Crippen molar-refractivity contribution in [1.29, 1.82) is 0 Å². The van der Waals surface area contributed by atoms with Crippen LogP contribution < -0.4 is 4.74 Å². The van der Waals surface area contributed by atoms with Gasteiger partial charge in [0.2, 0.25) is 0 Å². The topological polar surface area (TPSA) is 30.9 Å². The van der Waals surface area contributed by atoms with E-state index in [1.165, 1.54) is 5.56 Å². The van der Waals surface area contributed by atoms with Crippen LogP contribution in [0.2, 0.25) is 0 Å². The second kappa shape index (κ2) is 5.49. The van der Waals surface area contributed by atoms with Crippen molar-refractivity contribution in [2.75, 3.05) is 39.5 Å². The van der Waals surface area contributed by atoms with Crippen LogP contribution in [0.4, 0.5) is 0 Å². The third-order valence-electron chi connectivity index (χ3n) is 3.85. The maximum absolute atomic E-state index is 5.83. The Kier molecular flexibility index (Phi) is 3.73. The van der Waals surface area contributed by atoms with Gasteiger partial charge in [0, 0.05) is 19.5 Å². The van der Waals surface area contributed by atoms with E-state index in [1.807, 2.05) is 18.2 Å². The third kappa shape index (κ3) is 2.91. The quantitative estimate of drug-likeness (QED) is 0.829. The molecule has 2 fully saturated rings. The van der Waals surface area contributed by atoms with Crippen molar-refractivity contribution in [3.05, 3.63) is 29.8 Å². The fraction of sp³-hybridized carbons (Fsp3) is 0.600. The first-order valence-electron chi connectivity index (χ1n) is 6.96. The lowest BCUT2D eigenvalue weighted by Gasteiger charge is -2.22. The van der Waals surface area contributed by atoms with Crippen LogP contribution in [0.3, 0.4) is 0 Å². The molecule has 0 amide bonds. The summed E-state index contributed by atoms with van der Waals surface area (Å²) in [5.41, 5.74) is 1.18. The Morgan fingerprint density at radius 2 is 2.05 bits per heavy atom. The Hall–Kier alpha value is -1.10. The number of aryl methyl sites for hydroxylation is 1. The highest BCUT2D eigenvalue weighted by molar-refractivity contribution is 5.31. The monoisotopic (exact) mass is 263 g/mol. The maximum Gasteiger partial charge on any atom is 0.182 e. The zero-order chi connectivity index (χ0) is 13.1. The van der Waals surface area contributed by atoms with E-state index < -0.39 is 0 Å². The van der Waals surface area contributed by atoms with Crippen molar-refractivity contribution >= 4 is 0 Å². The molecule has 0 unspecified atom stereocenters. The van der Waals surface area contributed by atoms with E-state index in [0.29, 0.717) is 6.61 Å². The predicted octanol–water partition coefficient (Wildman–Crippen LogP) is 1.82. The van der Waals surface area contributed by atoms with Crippen molar-refractivity contribution in [2.45, 2.75) is 19.1 Å². The Balaban J connectivity index is 1.45. The molecule has 1 spiro atoms. The molecule has 0 N–H and O–H groups in total. The molecule has 4 heteroatoms. The summed E-state index contributed by atoms with van der Waals surface area (Å²) in [6, 6.07) is 8.12. The average Bonchev–Trinajstić information content (AvgIpc) is 3.03. The van der Waals surface area contributed by atoms with E-state index in [1.54, 1.807) is 0 Å². The first-order chi connectivity index (χ1) is 9.27. The van der Waals surface area contributed by atoms with Gasteiger partial charge in [-0.2, -0.15) is 0 Å². The van der Waals surface area contributed by atoms with E-state index in [2.05, 4.69) is 17.9 Å². The fourth-order valence-corrected chi connectivity index (χ4v) is 2.75. The van der Waals surface area contributed by atoms with Gasteiger partial charge in [-0.05, 0) is 18.6 Å². The van der Waals surface area contributed by atoms with Gasteiger partial charge in [-0.15, -0.1) is 0 Å². The minimum atomic E-state index is -0.317. The molecule has 3 rings (SSSR count). The lowest BCUT2D eigenvalue weighted by molar-refractivity contribution is -0.145. The molecule has 2 aliphatic rings. The molecule has 19 heavy (non-hydrogen) atoms. The summed E-state index contributed by atoms with van der Waals surface area (Å²) in [6.07, 6.45) is 0.970. The van der Waals surface area contributed by atoms with Gasteiger partial charge in [0.25, 0.3) is 0 Å². The molecule has 0 aliphatic carbocycles. The van der Waals surface area contributed by atoms with Gasteiger partial charge < -0.3 is 14.2 Å². The van der Waals surface area contributed by atoms with E-state index >= 15 is 0 Å². The van der Waals surface area contributed by atoms with Crippen LogP contribution in [0, 0.1) is 6.92 Å². The minimum Gasteiger partial charge on any atom is -0.492 e. The summed E-state index contributed by atoms with van der Waals surface area (Å²) in [5, 5.41) is 0. The fourth-order valence-electron chi connectivity index (χ4n) is 2.75. The number of hydrogen-bond acceptors (Lipinski definition) is 4. The van der Waals surface area contributed by atoms with Gasteiger partial charge in [0.15, 0.2) is 5.79 Å². The molecular formula is C15H21NO3. The van der Waals surface area contributed by atoms with E-state index in [0.717, 1.165) is 45.0 Å². The van der Waals surface area contributed by atoms with Crippen molar-refractivity contribution in [3.63, 3.8) is 0 Å². The smallest absolute Gasteiger partial charge is 0.182 e. The molecule has 1 aromatic carbocycles. The number of para-hydroxylation sites is 1. The lowest BCUT2D eigenvalue weighted by atomic mass is 10.2. The Morgan fingerprint density at radius 3 is 2.84 bits per heavy atom. The number of likely N-dealkylation sites (tertiary alicyclic amines) is 1. The van der Waals surface area contributed by atoms with E-state index in [-0.39, 0.29) is 5.79 Å². The summed E-state index contributed by atoms with van der Waals surface area (Å²) in [4.78, 5) is 2.35. The van der Waals surface area contributed by atoms with Crippen molar-refractivity contribution in [1.82, 2.24) is 4.90 Å². The molecule has 2 aliphatic heterocycles. The molecule has 2 saturated heterocycles. The average molecular weight is 263 g/mol. The number of rotatable bonds is 4. The summed E-state index contributed by atoms with van der Waals surface area (Å²) < 4.78 is 17.2. The van der Waals surface area contributed by atoms with Crippen LogP contribution in [0.5, 0.6) is 5.75 Å². The van der Waals surface area contributed by atoms with Gasteiger partial charge in [-0.25, -0.2) is 0 Å². The second-order valence-electron chi connectivity index (χ2n) is 5.25. The Bertz CT molecular complexity index is 429. The normalized spacial score (nSPS) is 22.2. The predicted molar refractivity (Wildman–Crippen MR) is 72.4 cm³/mol. The van der Waals surface area contributed by atoms with Crippen LogP contribution in [0.15, 0.2) is 24.3 Å². The minimum absolute atomic E-state index is 0.317. The zero-order valence-corrected chi connectivity index (χ0v) is 11.4. The van der Waals surface area contributed by atoms with E-state index in [4.69, 9.17) is 14.2 Å². The molecule has 1 aromatic rings. The summed E-state index contributed by atoms with van der Waals surface area (Å²) >= 11 is 0. The molecule has 2 heterocycles.